The predicted octanol–water partition coefficient (Wildman–Crippen LogP) is 3.74. The molecule has 3 unspecified atom stereocenters. The fourth-order valence-electron chi connectivity index (χ4n) is 2.87. The van der Waals surface area contributed by atoms with Gasteiger partial charge >= 0.3 is 5.97 Å². The molecule has 0 spiro atoms. The van der Waals surface area contributed by atoms with Gasteiger partial charge in [0.1, 0.15) is 0 Å². The topological polar surface area (TPSA) is 26.3 Å². The van der Waals surface area contributed by atoms with E-state index in [-0.39, 0.29) is 23.2 Å². The van der Waals surface area contributed by atoms with Crippen molar-refractivity contribution in [3.63, 3.8) is 0 Å². The number of esters is 1. The summed E-state index contributed by atoms with van der Waals surface area (Å²) >= 11 is 0. The average Bonchev–Trinajstić information content (AvgIpc) is 2.89. The summed E-state index contributed by atoms with van der Waals surface area (Å²) in [6, 6.07) is 0. The van der Waals surface area contributed by atoms with Crippen molar-refractivity contribution in [2.75, 3.05) is 0 Å². The molecule has 0 aromatic carbocycles. The Kier molecular flexibility index (Phi) is 4.63. The van der Waals surface area contributed by atoms with E-state index in [9.17, 15) is 4.79 Å². The molecular weight excluding hydrogens is 236 g/mol. The van der Waals surface area contributed by atoms with Crippen LogP contribution in [-0.2, 0) is 9.53 Å². The average molecular weight is 260 g/mol. The molecule has 1 aliphatic rings. The maximum atomic E-state index is 12.2. The Morgan fingerprint density at radius 3 is 2.42 bits per heavy atom. The normalized spacial score (nSPS) is 26.2. The Balaban J connectivity index is 2.74. The van der Waals surface area contributed by atoms with Gasteiger partial charge in [0.2, 0.25) is 0 Å². The van der Waals surface area contributed by atoms with Crippen molar-refractivity contribution in [3.05, 3.63) is 23.8 Å². The van der Waals surface area contributed by atoms with E-state index >= 15 is 0 Å². The first-order chi connectivity index (χ1) is 8.77. The maximum absolute atomic E-state index is 12.2. The van der Waals surface area contributed by atoms with E-state index in [0.717, 1.165) is 17.6 Å². The van der Waals surface area contributed by atoms with Gasteiger partial charge in [-0.1, -0.05) is 44.9 Å². The van der Waals surface area contributed by atoms with Crippen LogP contribution in [0.5, 0.6) is 0 Å². The summed E-state index contributed by atoms with van der Waals surface area (Å²) < 4.78 is 5.47. The number of rotatable bonds is 5. The molecule has 1 fully saturated rings. The van der Waals surface area contributed by atoms with Gasteiger partial charge in [-0.3, -0.25) is 4.79 Å². The Labute approximate surface area is 116 Å². The number of ether oxygens (including phenoxy) is 1. The van der Waals surface area contributed by atoms with Crippen molar-refractivity contribution in [1.82, 2.24) is 0 Å². The van der Waals surface area contributed by atoms with Gasteiger partial charge in [-0.2, -0.15) is 0 Å². The van der Waals surface area contributed by atoms with Crippen LogP contribution in [0.15, 0.2) is 23.8 Å². The van der Waals surface area contributed by atoms with Gasteiger partial charge in [0.05, 0.1) is 5.92 Å². The summed E-state index contributed by atoms with van der Waals surface area (Å²) in [5, 5.41) is 0. The van der Waals surface area contributed by atoms with Gasteiger partial charge in [-0.05, 0) is 37.2 Å². The zero-order valence-electron chi connectivity index (χ0n) is 12.6. The van der Waals surface area contributed by atoms with Crippen LogP contribution in [0.4, 0.5) is 0 Å². The second-order valence-corrected chi connectivity index (χ2v) is 5.96. The molecule has 1 saturated carbocycles. The van der Waals surface area contributed by atoms with E-state index in [1.165, 1.54) is 0 Å². The molecule has 2 nitrogen and oxygen atoms in total. The van der Waals surface area contributed by atoms with Crippen LogP contribution in [0.25, 0.3) is 0 Å². The second-order valence-electron chi connectivity index (χ2n) is 5.96. The molecule has 0 saturated heterocycles. The van der Waals surface area contributed by atoms with Gasteiger partial charge in [0.15, 0.2) is 6.10 Å². The first-order valence-corrected chi connectivity index (χ1v) is 6.76. The smallest absolute Gasteiger partial charge is 0.311 e. The highest BCUT2D eigenvalue weighted by molar-refractivity contribution is 5.79. The van der Waals surface area contributed by atoms with E-state index < -0.39 is 6.10 Å². The number of hydrogen-bond donors (Lipinski definition) is 0. The van der Waals surface area contributed by atoms with E-state index in [4.69, 9.17) is 11.2 Å². The number of allylic oxidation sites excluding steroid dienone is 2. The SMILES string of the molecule is C#CC(OC(=O)C1C(C(=C)C)C1(C)C)C(C)=CCC. The van der Waals surface area contributed by atoms with Crippen LogP contribution < -0.4 is 0 Å². The first kappa shape index (κ1) is 15.6. The maximum Gasteiger partial charge on any atom is 0.311 e. The Morgan fingerprint density at radius 2 is 2.05 bits per heavy atom. The lowest BCUT2D eigenvalue weighted by molar-refractivity contribution is -0.147. The van der Waals surface area contributed by atoms with Crippen molar-refractivity contribution in [2.24, 2.45) is 17.3 Å². The minimum Gasteiger partial charge on any atom is -0.444 e. The largest absolute Gasteiger partial charge is 0.444 e. The molecule has 0 amide bonds. The van der Waals surface area contributed by atoms with Crippen LogP contribution in [-0.4, -0.2) is 12.1 Å². The molecule has 1 rings (SSSR count). The lowest BCUT2D eigenvalue weighted by Crippen LogP contribution is -2.20. The molecule has 3 atom stereocenters. The summed E-state index contributed by atoms with van der Waals surface area (Å²) in [5.41, 5.74) is 1.89. The van der Waals surface area contributed by atoms with E-state index in [2.05, 4.69) is 26.3 Å². The van der Waals surface area contributed by atoms with Gasteiger partial charge in [0.25, 0.3) is 0 Å². The fourth-order valence-corrected chi connectivity index (χ4v) is 2.87. The third kappa shape index (κ3) is 3.10. The van der Waals surface area contributed by atoms with Crippen molar-refractivity contribution < 1.29 is 9.53 Å². The van der Waals surface area contributed by atoms with Gasteiger partial charge in [-0.15, -0.1) is 6.42 Å². The Bertz CT molecular complexity index is 448. The van der Waals surface area contributed by atoms with Gasteiger partial charge in [0, 0.05) is 0 Å². The minimum atomic E-state index is -0.547. The standard InChI is InChI=1S/C17H24O2/c1-8-10-12(5)13(9-2)19-16(18)15-14(11(3)4)17(15,6)7/h2,10,13-15H,3,8H2,1,4-7H3. The quantitative estimate of drug-likeness (QED) is 0.427. The Hall–Kier alpha value is -1.49. The molecule has 1 aliphatic carbocycles. The van der Waals surface area contributed by atoms with E-state index in [1.807, 2.05) is 26.8 Å². The summed E-state index contributed by atoms with van der Waals surface area (Å²) in [7, 11) is 0. The third-order valence-corrected chi connectivity index (χ3v) is 3.94. The molecular formula is C17H24O2. The van der Waals surface area contributed by atoms with Crippen LogP contribution >= 0.6 is 0 Å². The molecule has 0 aliphatic heterocycles. The lowest BCUT2D eigenvalue weighted by atomic mass is 10.1. The molecule has 0 N–H and O–H groups in total. The fraction of sp³-hybridized carbons (Fsp3) is 0.588. The molecule has 104 valence electrons. The molecule has 2 heteroatoms. The lowest BCUT2D eigenvalue weighted by Gasteiger charge is -2.13. The summed E-state index contributed by atoms with van der Waals surface area (Å²) in [6.45, 7) is 14.0. The van der Waals surface area contributed by atoms with Crippen molar-refractivity contribution >= 4 is 5.97 Å². The van der Waals surface area contributed by atoms with Crippen LogP contribution in [0, 0.1) is 29.6 Å². The zero-order chi connectivity index (χ0) is 14.8. The molecule has 0 aromatic rings. The number of terminal acetylenes is 1. The summed E-state index contributed by atoms with van der Waals surface area (Å²) in [4.78, 5) is 12.2. The monoisotopic (exact) mass is 260 g/mol. The molecule has 0 aromatic heterocycles. The van der Waals surface area contributed by atoms with Crippen molar-refractivity contribution in [3.8, 4) is 12.3 Å². The second kappa shape index (κ2) is 5.65. The molecule has 0 bridgehead atoms. The Morgan fingerprint density at radius 1 is 1.47 bits per heavy atom. The van der Waals surface area contributed by atoms with Gasteiger partial charge in [-0.25, -0.2) is 0 Å². The molecule has 0 radical (unpaired) electrons. The highest BCUT2D eigenvalue weighted by Gasteiger charge is 2.63. The van der Waals surface area contributed by atoms with E-state index in [0.29, 0.717) is 0 Å². The predicted molar refractivity (Wildman–Crippen MR) is 78.3 cm³/mol. The molecule has 19 heavy (non-hydrogen) atoms. The number of hydrogen-bond acceptors (Lipinski definition) is 2. The molecule has 0 heterocycles. The summed E-state index contributed by atoms with van der Waals surface area (Å²) in [6.07, 6.45) is 7.77. The van der Waals surface area contributed by atoms with E-state index in [1.54, 1.807) is 0 Å². The minimum absolute atomic E-state index is 0.0650. The number of carbonyl (C=O) groups excluding carboxylic acids is 1. The van der Waals surface area contributed by atoms with Gasteiger partial charge < -0.3 is 4.74 Å². The highest BCUT2D eigenvalue weighted by atomic mass is 16.5. The highest BCUT2D eigenvalue weighted by Crippen LogP contribution is 2.61. The van der Waals surface area contributed by atoms with Crippen molar-refractivity contribution in [1.29, 1.82) is 0 Å². The third-order valence-electron chi connectivity index (χ3n) is 3.94. The summed E-state index contributed by atoms with van der Waals surface area (Å²) in [5.74, 6) is 2.42. The van der Waals surface area contributed by atoms with Crippen molar-refractivity contribution in [2.45, 2.75) is 47.1 Å². The zero-order valence-corrected chi connectivity index (χ0v) is 12.6. The van der Waals surface area contributed by atoms with Crippen LogP contribution in [0.1, 0.15) is 41.0 Å². The van der Waals surface area contributed by atoms with Crippen LogP contribution in [0.2, 0.25) is 0 Å². The number of carbonyl (C=O) groups is 1. The van der Waals surface area contributed by atoms with Crippen LogP contribution in [0.3, 0.4) is 0 Å². The first-order valence-electron chi connectivity index (χ1n) is 6.76.